The summed E-state index contributed by atoms with van der Waals surface area (Å²) in [5.74, 6) is -0.450. The SMILES string of the molecule is N#Cc1ccc(N(CC(N)=O)Cc2ccccc2N)cn1. The first-order valence-electron chi connectivity index (χ1n) is 6.33. The van der Waals surface area contributed by atoms with Crippen molar-refractivity contribution in [2.45, 2.75) is 6.54 Å². The van der Waals surface area contributed by atoms with E-state index in [4.69, 9.17) is 16.7 Å². The van der Waals surface area contributed by atoms with Gasteiger partial charge in [0.25, 0.3) is 0 Å². The lowest BCUT2D eigenvalue weighted by molar-refractivity contribution is -0.116. The quantitative estimate of drug-likeness (QED) is 0.795. The summed E-state index contributed by atoms with van der Waals surface area (Å²) < 4.78 is 0. The summed E-state index contributed by atoms with van der Waals surface area (Å²) in [6.45, 7) is 0.477. The van der Waals surface area contributed by atoms with Gasteiger partial charge in [-0.2, -0.15) is 5.26 Å². The van der Waals surface area contributed by atoms with Crippen LogP contribution in [0.2, 0.25) is 0 Å². The highest BCUT2D eigenvalue weighted by molar-refractivity contribution is 5.79. The second kappa shape index (κ2) is 6.39. The molecule has 6 heteroatoms. The minimum absolute atomic E-state index is 0.0436. The second-order valence-electron chi connectivity index (χ2n) is 4.53. The molecule has 0 aliphatic heterocycles. The number of rotatable bonds is 5. The van der Waals surface area contributed by atoms with Gasteiger partial charge in [-0.3, -0.25) is 4.79 Å². The first kappa shape index (κ1) is 14.3. The number of amides is 1. The highest BCUT2D eigenvalue weighted by Crippen LogP contribution is 2.19. The lowest BCUT2D eigenvalue weighted by Crippen LogP contribution is -2.33. The van der Waals surface area contributed by atoms with Crippen LogP contribution in [0.3, 0.4) is 0 Å². The molecule has 2 aromatic rings. The molecular weight excluding hydrogens is 266 g/mol. The largest absolute Gasteiger partial charge is 0.398 e. The molecule has 21 heavy (non-hydrogen) atoms. The van der Waals surface area contributed by atoms with Crippen molar-refractivity contribution in [2.75, 3.05) is 17.2 Å². The van der Waals surface area contributed by atoms with E-state index in [0.717, 1.165) is 5.56 Å². The smallest absolute Gasteiger partial charge is 0.236 e. The molecule has 4 N–H and O–H groups in total. The van der Waals surface area contributed by atoms with Gasteiger partial charge in [-0.1, -0.05) is 18.2 Å². The Morgan fingerprint density at radius 2 is 2.05 bits per heavy atom. The third-order valence-corrected chi connectivity index (χ3v) is 2.99. The van der Waals surface area contributed by atoms with Gasteiger partial charge in [0.05, 0.1) is 18.4 Å². The fourth-order valence-electron chi connectivity index (χ4n) is 1.95. The Balaban J connectivity index is 2.27. The first-order chi connectivity index (χ1) is 10.1. The third kappa shape index (κ3) is 3.70. The number of nitrogen functional groups attached to an aromatic ring is 1. The zero-order valence-electron chi connectivity index (χ0n) is 11.4. The van der Waals surface area contributed by atoms with Gasteiger partial charge in [0, 0.05) is 12.2 Å². The summed E-state index contributed by atoms with van der Waals surface area (Å²) in [4.78, 5) is 17.0. The summed E-state index contributed by atoms with van der Waals surface area (Å²) in [6, 6.07) is 12.7. The van der Waals surface area contributed by atoms with E-state index in [1.807, 2.05) is 24.3 Å². The number of hydrogen-bond acceptors (Lipinski definition) is 5. The predicted molar refractivity (Wildman–Crippen MR) is 80.1 cm³/mol. The van der Waals surface area contributed by atoms with Gasteiger partial charge in [0.1, 0.15) is 11.8 Å². The van der Waals surface area contributed by atoms with Crippen molar-refractivity contribution in [1.82, 2.24) is 4.98 Å². The van der Waals surface area contributed by atoms with Crippen LogP contribution in [0.15, 0.2) is 42.6 Å². The number of carbonyl (C=O) groups excluding carboxylic acids is 1. The van der Waals surface area contributed by atoms with E-state index < -0.39 is 5.91 Å². The van der Waals surface area contributed by atoms with Crippen molar-refractivity contribution in [1.29, 1.82) is 5.26 Å². The first-order valence-corrected chi connectivity index (χ1v) is 6.33. The molecule has 1 aromatic carbocycles. The Labute approximate surface area is 122 Å². The molecule has 2 rings (SSSR count). The number of aromatic nitrogens is 1. The summed E-state index contributed by atoms with van der Waals surface area (Å²) >= 11 is 0. The number of pyridine rings is 1. The predicted octanol–water partition coefficient (Wildman–Crippen LogP) is 1.03. The summed E-state index contributed by atoms with van der Waals surface area (Å²) in [7, 11) is 0. The molecule has 0 radical (unpaired) electrons. The minimum Gasteiger partial charge on any atom is -0.398 e. The Hall–Kier alpha value is -3.07. The van der Waals surface area contributed by atoms with Crippen LogP contribution in [0.4, 0.5) is 11.4 Å². The van der Waals surface area contributed by atoms with E-state index in [-0.39, 0.29) is 6.54 Å². The molecule has 1 amide bonds. The van der Waals surface area contributed by atoms with Crippen LogP contribution >= 0.6 is 0 Å². The van der Waals surface area contributed by atoms with Crippen molar-refractivity contribution in [3.63, 3.8) is 0 Å². The van der Waals surface area contributed by atoms with Crippen LogP contribution in [-0.2, 0) is 11.3 Å². The van der Waals surface area contributed by atoms with Gasteiger partial charge in [-0.05, 0) is 23.8 Å². The van der Waals surface area contributed by atoms with Crippen molar-refractivity contribution >= 4 is 17.3 Å². The lowest BCUT2D eigenvalue weighted by atomic mass is 10.1. The van der Waals surface area contributed by atoms with Gasteiger partial charge >= 0.3 is 0 Å². The number of hydrogen-bond donors (Lipinski definition) is 2. The zero-order chi connectivity index (χ0) is 15.2. The van der Waals surface area contributed by atoms with Gasteiger partial charge < -0.3 is 16.4 Å². The molecule has 0 fully saturated rings. The van der Waals surface area contributed by atoms with Crippen molar-refractivity contribution < 1.29 is 4.79 Å². The number of carbonyl (C=O) groups is 1. The van der Waals surface area contributed by atoms with Crippen LogP contribution in [0.25, 0.3) is 0 Å². The maximum atomic E-state index is 11.3. The fraction of sp³-hybridized carbons (Fsp3) is 0.133. The van der Waals surface area contributed by atoms with E-state index >= 15 is 0 Å². The highest BCUT2D eigenvalue weighted by Gasteiger charge is 2.12. The van der Waals surface area contributed by atoms with E-state index in [0.29, 0.717) is 23.6 Å². The zero-order valence-corrected chi connectivity index (χ0v) is 11.4. The highest BCUT2D eigenvalue weighted by atomic mass is 16.1. The van der Waals surface area contributed by atoms with E-state index in [1.165, 1.54) is 0 Å². The summed E-state index contributed by atoms with van der Waals surface area (Å²) in [6.07, 6.45) is 1.54. The molecule has 1 heterocycles. The molecule has 0 aliphatic carbocycles. The van der Waals surface area contributed by atoms with Gasteiger partial charge in [0.2, 0.25) is 5.91 Å². The second-order valence-corrected chi connectivity index (χ2v) is 4.53. The standard InChI is InChI=1S/C15H15N5O/c16-7-12-5-6-13(8-19-12)20(10-15(18)21)9-11-3-1-2-4-14(11)17/h1-6,8H,9-10,17H2,(H2,18,21). The van der Waals surface area contributed by atoms with Crippen molar-refractivity contribution in [3.05, 3.63) is 53.9 Å². The number of benzene rings is 1. The molecule has 0 saturated carbocycles. The Kier molecular flexibility index (Phi) is 4.36. The molecule has 6 nitrogen and oxygen atoms in total. The Bertz CT molecular complexity index is 675. The van der Waals surface area contributed by atoms with Crippen LogP contribution in [0, 0.1) is 11.3 Å². The molecule has 1 aromatic heterocycles. The Morgan fingerprint density at radius 3 is 2.62 bits per heavy atom. The molecule has 106 valence electrons. The number of nitriles is 1. The minimum atomic E-state index is -0.450. The summed E-state index contributed by atoms with van der Waals surface area (Å²) in [5, 5.41) is 8.77. The van der Waals surface area contributed by atoms with Crippen molar-refractivity contribution in [2.24, 2.45) is 5.73 Å². The van der Waals surface area contributed by atoms with Crippen LogP contribution in [0.1, 0.15) is 11.3 Å². The molecule has 0 unspecified atom stereocenters. The number of nitrogens with zero attached hydrogens (tertiary/aromatic N) is 3. The molecule has 0 aliphatic rings. The number of anilines is 2. The van der Waals surface area contributed by atoms with Crippen LogP contribution in [0.5, 0.6) is 0 Å². The average molecular weight is 281 g/mol. The third-order valence-electron chi connectivity index (χ3n) is 2.99. The molecule has 0 spiro atoms. The maximum absolute atomic E-state index is 11.3. The van der Waals surface area contributed by atoms with Gasteiger partial charge in [0.15, 0.2) is 0 Å². The molecular formula is C15H15N5O. The number of para-hydroxylation sites is 1. The molecule has 0 saturated heterocycles. The maximum Gasteiger partial charge on any atom is 0.236 e. The average Bonchev–Trinajstić information content (AvgIpc) is 2.48. The van der Waals surface area contributed by atoms with Gasteiger partial charge in [-0.25, -0.2) is 4.98 Å². The van der Waals surface area contributed by atoms with Gasteiger partial charge in [-0.15, -0.1) is 0 Å². The van der Waals surface area contributed by atoms with Crippen molar-refractivity contribution in [3.8, 4) is 6.07 Å². The van der Waals surface area contributed by atoms with Crippen LogP contribution in [-0.4, -0.2) is 17.4 Å². The molecule has 0 atom stereocenters. The number of primary amides is 1. The number of nitrogens with two attached hydrogens (primary N) is 2. The monoisotopic (exact) mass is 281 g/mol. The van der Waals surface area contributed by atoms with E-state index in [1.54, 1.807) is 29.3 Å². The topological polar surface area (TPSA) is 109 Å². The summed E-state index contributed by atoms with van der Waals surface area (Å²) in [5.41, 5.74) is 13.8. The lowest BCUT2D eigenvalue weighted by Gasteiger charge is -2.23. The Morgan fingerprint density at radius 1 is 1.29 bits per heavy atom. The fourth-order valence-corrected chi connectivity index (χ4v) is 1.95. The van der Waals surface area contributed by atoms with Crippen LogP contribution < -0.4 is 16.4 Å². The van der Waals surface area contributed by atoms with E-state index in [2.05, 4.69) is 4.98 Å². The van der Waals surface area contributed by atoms with E-state index in [9.17, 15) is 4.79 Å². The normalized spacial score (nSPS) is 9.86. The molecule has 0 bridgehead atoms.